The molecule has 46 heavy (non-hydrogen) atoms. The molecule has 240 valence electrons. The first-order valence-electron chi connectivity index (χ1n) is 15.7. The molecule has 2 aromatic carbocycles. The molecule has 0 saturated carbocycles. The average Bonchev–Trinajstić information content (AvgIpc) is 3.59. The van der Waals surface area contributed by atoms with Crippen molar-refractivity contribution in [1.29, 1.82) is 5.26 Å². The van der Waals surface area contributed by atoms with Crippen LogP contribution in [0.1, 0.15) is 43.4 Å². The van der Waals surface area contributed by atoms with Gasteiger partial charge < -0.3 is 25.0 Å². The number of carbonyl (C=O) groups excluding carboxylic acids is 1. The van der Waals surface area contributed by atoms with Crippen LogP contribution in [0.3, 0.4) is 0 Å². The second-order valence-corrected chi connectivity index (χ2v) is 11.7. The summed E-state index contributed by atoms with van der Waals surface area (Å²) in [7, 11) is 1.63. The molecule has 4 heterocycles. The van der Waals surface area contributed by atoms with Gasteiger partial charge >= 0.3 is 0 Å². The molecule has 2 N–H and O–H groups in total. The van der Waals surface area contributed by atoms with Gasteiger partial charge in [-0.1, -0.05) is 18.7 Å². The molecule has 12 heteroatoms. The number of hydroxylamine groups is 1. The third-order valence-corrected chi connectivity index (χ3v) is 8.90. The van der Waals surface area contributed by atoms with E-state index in [1.807, 2.05) is 30.3 Å². The lowest BCUT2D eigenvalue weighted by Crippen LogP contribution is -2.53. The number of aromatic nitrogens is 2. The van der Waals surface area contributed by atoms with Crippen molar-refractivity contribution >= 4 is 34.6 Å². The highest BCUT2D eigenvalue weighted by molar-refractivity contribution is 6.02. The van der Waals surface area contributed by atoms with Gasteiger partial charge in [0.1, 0.15) is 17.9 Å². The van der Waals surface area contributed by atoms with E-state index in [1.165, 1.54) is 12.4 Å². The fourth-order valence-electron chi connectivity index (χ4n) is 6.59. The molecule has 3 aromatic rings. The van der Waals surface area contributed by atoms with Gasteiger partial charge in [-0.05, 0) is 49.6 Å². The van der Waals surface area contributed by atoms with Crippen LogP contribution in [-0.2, 0) is 14.4 Å². The van der Waals surface area contributed by atoms with Gasteiger partial charge in [-0.2, -0.15) is 5.26 Å². The highest BCUT2D eigenvalue weighted by atomic mass is 16.7. The maximum Gasteiger partial charge on any atom is 0.247 e. The molecule has 1 amide bonds. The predicted molar refractivity (Wildman–Crippen MR) is 176 cm³/mol. The first kappa shape index (κ1) is 31.3. The van der Waals surface area contributed by atoms with Crippen molar-refractivity contribution in [2.24, 2.45) is 0 Å². The van der Waals surface area contributed by atoms with Crippen molar-refractivity contribution in [2.75, 3.05) is 67.2 Å². The number of hydrogen-bond donors (Lipinski definition) is 2. The summed E-state index contributed by atoms with van der Waals surface area (Å²) in [6.07, 6.45) is 5.54. The van der Waals surface area contributed by atoms with E-state index in [4.69, 9.17) is 14.3 Å². The molecule has 3 fully saturated rings. The summed E-state index contributed by atoms with van der Waals surface area (Å²) in [5.41, 5.74) is 3.75. The Morgan fingerprint density at radius 1 is 1.11 bits per heavy atom. The van der Waals surface area contributed by atoms with E-state index in [1.54, 1.807) is 24.3 Å². The number of carbonyl (C=O) groups is 1. The Balaban J connectivity index is 1.24. The fraction of sp³-hybridized carbons (Fsp3) is 0.412. The Bertz CT molecular complexity index is 1600. The lowest BCUT2D eigenvalue weighted by molar-refractivity contribution is -0.111. The Morgan fingerprint density at radius 3 is 2.72 bits per heavy atom. The number of anilines is 5. The summed E-state index contributed by atoms with van der Waals surface area (Å²) in [5.74, 6) is 1.42. The maximum absolute atomic E-state index is 12.5. The van der Waals surface area contributed by atoms with E-state index < -0.39 is 0 Å². The number of hydrogen-bond acceptors (Lipinski definition) is 11. The lowest BCUT2D eigenvalue weighted by Gasteiger charge is -2.44. The molecule has 0 radical (unpaired) electrons. The van der Waals surface area contributed by atoms with Crippen LogP contribution < -0.4 is 25.3 Å². The summed E-state index contributed by atoms with van der Waals surface area (Å²) in [6.45, 7) is 10.6. The number of rotatable bonds is 9. The highest BCUT2D eigenvalue weighted by Gasteiger charge is 2.32. The minimum Gasteiger partial charge on any atom is -0.494 e. The van der Waals surface area contributed by atoms with Gasteiger partial charge in [0.05, 0.1) is 61.7 Å². The quantitative estimate of drug-likeness (QED) is 0.319. The first-order valence-corrected chi connectivity index (χ1v) is 15.7. The predicted octanol–water partition coefficient (Wildman–Crippen LogP) is 4.80. The van der Waals surface area contributed by atoms with Crippen molar-refractivity contribution in [2.45, 2.75) is 44.3 Å². The van der Waals surface area contributed by atoms with E-state index >= 15 is 0 Å². The summed E-state index contributed by atoms with van der Waals surface area (Å²) in [4.78, 5) is 32.3. The number of piperidine rings is 1. The standard InChI is InChI=1S/C34H40N8O4/c1-4-34(43)39-27-17-28(31(44-3)18-30(27)40-11-8-26(9-12-40)41-13-15-45-21-23(41)2)38-32-19-33(37-22-36-32)42-29(10-14-46-42)25-7-5-6-24(16-25)20-35/h4-7,16-19,22-23,26,29H,1,8-15,21H2,2-3H3,(H,39,43)(H,36,37,38)/t23-,29-/m1/s1. The molecule has 0 unspecified atom stereocenters. The summed E-state index contributed by atoms with van der Waals surface area (Å²) in [5, 5.41) is 17.5. The Morgan fingerprint density at radius 2 is 1.96 bits per heavy atom. The number of nitrogens with zero attached hydrogens (tertiary/aromatic N) is 6. The van der Waals surface area contributed by atoms with Crippen molar-refractivity contribution in [3.8, 4) is 11.8 Å². The summed E-state index contributed by atoms with van der Waals surface area (Å²) in [6, 6.07) is 16.2. The second-order valence-electron chi connectivity index (χ2n) is 11.7. The SMILES string of the molecule is C=CC(=O)Nc1cc(Nc2cc(N3OCC[C@@H]3c3cccc(C#N)c3)ncn2)c(OC)cc1N1CCC(N2CCOC[C@H]2C)CC1. The van der Waals surface area contributed by atoms with Crippen LogP contribution in [0.15, 0.2) is 61.4 Å². The lowest BCUT2D eigenvalue weighted by atomic mass is 10.00. The number of morpholine rings is 1. The first-order chi connectivity index (χ1) is 22.5. The molecule has 6 rings (SSSR count). The van der Waals surface area contributed by atoms with E-state index in [0.717, 1.165) is 63.4 Å². The third-order valence-electron chi connectivity index (χ3n) is 8.90. The van der Waals surface area contributed by atoms with Crippen LogP contribution >= 0.6 is 0 Å². The smallest absolute Gasteiger partial charge is 0.247 e. The van der Waals surface area contributed by atoms with Crippen molar-refractivity contribution in [3.63, 3.8) is 0 Å². The average molecular weight is 625 g/mol. The van der Waals surface area contributed by atoms with Gasteiger partial charge in [0.2, 0.25) is 5.91 Å². The molecule has 0 bridgehead atoms. The molecule has 3 aliphatic rings. The van der Waals surface area contributed by atoms with Crippen LogP contribution in [0.4, 0.5) is 28.7 Å². The van der Waals surface area contributed by atoms with Crippen LogP contribution in [0.2, 0.25) is 0 Å². The Kier molecular flexibility index (Phi) is 9.63. The van der Waals surface area contributed by atoms with Gasteiger partial charge in [0.15, 0.2) is 5.82 Å². The number of methoxy groups -OCH3 is 1. The van der Waals surface area contributed by atoms with Gasteiger partial charge in [-0.3, -0.25) is 14.5 Å². The van der Waals surface area contributed by atoms with Crippen molar-refractivity contribution < 1.29 is 19.1 Å². The van der Waals surface area contributed by atoms with E-state index in [0.29, 0.717) is 53.0 Å². The number of amides is 1. The fourth-order valence-corrected chi connectivity index (χ4v) is 6.59. The van der Waals surface area contributed by atoms with Crippen LogP contribution in [0.25, 0.3) is 0 Å². The van der Waals surface area contributed by atoms with Crippen LogP contribution in [0, 0.1) is 11.3 Å². The van der Waals surface area contributed by atoms with Crippen LogP contribution in [-0.4, -0.2) is 79.4 Å². The van der Waals surface area contributed by atoms with Gasteiger partial charge in [0, 0.05) is 50.3 Å². The zero-order valence-corrected chi connectivity index (χ0v) is 26.3. The largest absolute Gasteiger partial charge is 0.494 e. The molecule has 3 saturated heterocycles. The maximum atomic E-state index is 12.5. The third kappa shape index (κ3) is 6.77. The minimum absolute atomic E-state index is 0.0961. The summed E-state index contributed by atoms with van der Waals surface area (Å²) >= 11 is 0. The van der Waals surface area contributed by atoms with Gasteiger partial charge in [-0.15, -0.1) is 0 Å². The topological polar surface area (TPSA) is 128 Å². The normalized spacial score (nSPS) is 20.6. The molecular formula is C34H40N8O4. The van der Waals surface area contributed by atoms with E-state index in [9.17, 15) is 10.1 Å². The zero-order chi connectivity index (χ0) is 32.0. The Labute approximate surface area is 269 Å². The minimum atomic E-state index is -0.295. The molecule has 12 nitrogen and oxygen atoms in total. The van der Waals surface area contributed by atoms with Crippen molar-refractivity contribution in [3.05, 3.63) is 72.6 Å². The van der Waals surface area contributed by atoms with E-state index in [2.05, 4.69) is 50.0 Å². The molecular weight excluding hydrogens is 584 g/mol. The molecule has 3 aliphatic heterocycles. The molecule has 0 spiro atoms. The number of nitriles is 1. The monoisotopic (exact) mass is 624 g/mol. The zero-order valence-electron chi connectivity index (χ0n) is 26.3. The Hall–Kier alpha value is -4.70. The second kappa shape index (κ2) is 14.2. The highest BCUT2D eigenvalue weighted by Crippen LogP contribution is 2.41. The molecule has 0 aliphatic carbocycles. The van der Waals surface area contributed by atoms with Gasteiger partial charge in [0.25, 0.3) is 0 Å². The summed E-state index contributed by atoms with van der Waals surface area (Å²) < 4.78 is 11.5. The van der Waals surface area contributed by atoms with Crippen molar-refractivity contribution in [1.82, 2.24) is 14.9 Å². The number of nitrogens with one attached hydrogen (secondary N) is 2. The van der Waals surface area contributed by atoms with Crippen LogP contribution in [0.5, 0.6) is 5.75 Å². The molecule has 1 aromatic heterocycles. The number of benzene rings is 2. The van der Waals surface area contributed by atoms with E-state index in [-0.39, 0.29) is 11.9 Å². The van der Waals surface area contributed by atoms with Gasteiger partial charge in [-0.25, -0.2) is 15.0 Å². The molecule has 2 atom stereocenters. The number of ether oxygens (including phenoxy) is 2.